The van der Waals surface area contributed by atoms with Crippen LogP contribution < -0.4 is 0 Å². The first-order valence-corrected chi connectivity index (χ1v) is 17.2. The summed E-state index contributed by atoms with van der Waals surface area (Å²) in [6, 6.07) is 55.8. The van der Waals surface area contributed by atoms with Gasteiger partial charge in [0.1, 0.15) is 11.2 Å². The van der Waals surface area contributed by atoms with Gasteiger partial charge in [0.15, 0.2) is 5.82 Å². The van der Waals surface area contributed by atoms with Gasteiger partial charge in [0, 0.05) is 32.7 Å². The van der Waals surface area contributed by atoms with Gasteiger partial charge in [-0.1, -0.05) is 147 Å². The van der Waals surface area contributed by atoms with Crippen LogP contribution in [0.15, 0.2) is 162 Å². The van der Waals surface area contributed by atoms with E-state index in [0.717, 1.165) is 60.8 Å². The molecule has 9 aromatic rings. The molecule has 0 fully saturated rings. The van der Waals surface area contributed by atoms with E-state index in [2.05, 4.69) is 147 Å². The van der Waals surface area contributed by atoms with Crippen LogP contribution in [0.5, 0.6) is 0 Å². The molecule has 1 aliphatic rings. The molecule has 10 rings (SSSR count). The van der Waals surface area contributed by atoms with Crippen LogP contribution in [0.4, 0.5) is 0 Å². The Morgan fingerprint density at radius 2 is 1.10 bits per heavy atom. The zero-order valence-corrected chi connectivity index (χ0v) is 27.8. The van der Waals surface area contributed by atoms with E-state index in [9.17, 15) is 0 Å². The molecular formula is C47H32N2O. The third-order valence-electron chi connectivity index (χ3n) is 10.5. The number of para-hydroxylation sites is 1. The normalized spacial score (nSPS) is 13.2. The molecule has 0 bridgehead atoms. The van der Waals surface area contributed by atoms with Crippen molar-refractivity contribution in [1.82, 2.24) is 9.97 Å². The lowest BCUT2D eigenvalue weighted by Crippen LogP contribution is -2.14. The molecule has 2 aromatic heterocycles. The van der Waals surface area contributed by atoms with Gasteiger partial charge in [-0.3, -0.25) is 0 Å². The average Bonchev–Trinajstić information content (AvgIpc) is 3.67. The van der Waals surface area contributed by atoms with Gasteiger partial charge in [-0.15, -0.1) is 0 Å². The SMILES string of the molecule is CC1(C)c2ccccc2-c2c(-c3cccc4nc(-c5cccc6oc7ccccc7c56)nc(-c5cccc(-c6ccccc6)c5)c34)cccc21. The predicted molar refractivity (Wildman–Crippen MR) is 206 cm³/mol. The van der Waals surface area contributed by atoms with Gasteiger partial charge in [0.2, 0.25) is 0 Å². The minimum absolute atomic E-state index is 0.102. The van der Waals surface area contributed by atoms with Gasteiger partial charge < -0.3 is 4.42 Å². The number of fused-ring (bicyclic) bond motifs is 7. The van der Waals surface area contributed by atoms with Crippen LogP contribution in [0, 0.1) is 0 Å². The molecule has 0 spiro atoms. The molecule has 2 heterocycles. The summed E-state index contributed by atoms with van der Waals surface area (Å²) < 4.78 is 6.29. The van der Waals surface area contributed by atoms with Gasteiger partial charge in [-0.25, -0.2) is 9.97 Å². The Bertz CT molecular complexity index is 2790. The molecule has 0 amide bonds. The van der Waals surface area contributed by atoms with Gasteiger partial charge in [-0.2, -0.15) is 0 Å². The standard InChI is InChI=1S/C47H32N2O/c1-47(2)37-23-8-6-18-34(37)42-32(20-11-24-38(42)47)33-21-12-25-39-44(33)45(31-17-10-16-30(28-31)29-14-4-3-5-15-29)49-46(48-39)36-22-13-27-41-43(36)35-19-7-9-26-40(35)50-41/h3-28H,1-2H3. The third kappa shape index (κ3) is 4.23. The number of furan rings is 1. The highest BCUT2D eigenvalue weighted by Gasteiger charge is 2.37. The minimum Gasteiger partial charge on any atom is -0.456 e. The molecule has 0 saturated heterocycles. The molecule has 0 radical (unpaired) electrons. The lowest BCUT2D eigenvalue weighted by Gasteiger charge is -2.22. The van der Waals surface area contributed by atoms with Crippen LogP contribution in [0.1, 0.15) is 25.0 Å². The third-order valence-corrected chi connectivity index (χ3v) is 10.5. The minimum atomic E-state index is -0.102. The maximum atomic E-state index is 6.29. The van der Waals surface area contributed by atoms with E-state index in [-0.39, 0.29) is 5.41 Å². The number of hydrogen-bond donors (Lipinski definition) is 0. The molecule has 0 atom stereocenters. The van der Waals surface area contributed by atoms with Crippen LogP contribution in [-0.4, -0.2) is 9.97 Å². The fourth-order valence-electron chi connectivity index (χ4n) is 8.15. The summed E-state index contributed by atoms with van der Waals surface area (Å²) in [7, 11) is 0. The Hall–Kier alpha value is -6.32. The number of nitrogens with zero attached hydrogens (tertiary/aromatic N) is 2. The van der Waals surface area contributed by atoms with Crippen molar-refractivity contribution in [2.75, 3.05) is 0 Å². The van der Waals surface area contributed by atoms with E-state index in [1.54, 1.807) is 0 Å². The van der Waals surface area contributed by atoms with Gasteiger partial charge in [-0.05, 0) is 68.8 Å². The molecular weight excluding hydrogens is 609 g/mol. The molecule has 0 saturated carbocycles. The average molecular weight is 641 g/mol. The molecule has 1 aliphatic carbocycles. The zero-order valence-electron chi connectivity index (χ0n) is 27.8. The lowest BCUT2D eigenvalue weighted by atomic mass is 9.82. The van der Waals surface area contributed by atoms with E-state index in [1.165, 1.54) is 33.4 Å². The second kappa shape index (κ2) is 10.8. The molecule has 3 heteroatoms. The first-order chi connectivity index (χ1) is 24.6. The largest absolute Gasteiger partial charge is 0.456 e. The number of benzene rings is 7. The smallest absolute Gasteiger partial charge is 0.161 e. The molecule has 0 aliphatic heterocycles. The maximum Gasteiger partial charge on any atom is 0.161 e. The van der Waals surface area contributed by atoms with Crippen molar-refractivity contribution in [2.24, 2.45) is 0 Å². The van der Waals surface area contributed by atoms with Crippen LogP contribution in [0.3, 0.4) is 0 Å². The number of aromatic nitrogens is 2. The summed E-state index contributed by atoms with van der Waals surface area (Å²) in [6.07, 6.45) is 0. The highest BCUT2D eigenvalue weighted by atomic mass is 16.3. The summed E-state index contributed by atoms with van der Waals surface area (Å²) in [5.41, 5.74) is 15.3. The molecule has 0 N–H and O–H groups in total. The lowest BCUT2D eigenvalue weighted by molar-refractivity contribution is 0.660. The Morgan fingerprint density at radius 3 is 2.02 bits per heavy atom. The molecule has 0 unspecified atom stereocenters. The quantitative estimate of drug-likeness (QED) is 0.192. The van der Waals surface area contributed by atoms with E-state index >= 15 is 0 Å². The summed E-state index contributed by atoms with van der Waals surface area (Å²) in [5.74, 6) is 0.677. The summed E-state index contributed by atoms with van der Waals surface area (Å²) >= 11 is 0. The summed E-state index contributed by atoms with van der Waals surface area (Å²) in [4.78, 5) is 10.9. The summed E-state index contributed by atoms with van der Waals surface area (Å²) in [5, 5.41) is 3.13. The van der Waals surface area contributed by atoms with Crippen molar-refractivity contribution in [2.45, 2.75) is 19.3 Å². The highest BCUT2D eigenvalue weighted by molar-refractivity contribution is 6.13. The maximum absolute atomic E-state index is 6.29. The first-order valence-electron chi connectivity index (χ1n) is 17.2. The van der Waals surface area contributed by atoms with Crippen molar-refractivity contribution >= 4 is 32.8 Å². The zero-order chi connectivity index (χ0) is 33.4. The molecule has 7 aromatic carbocycles. The van der Waals surface area contributed by atoms with Crippen LogP contribution >= 0.6 is 0 Å². The van der Waals surface area contributed by atoms with E-state index in [4.69, 9.17) is 14.4 Å². The van der Waals surface area contributed by atoms with Gasteiger partial charge in [0.25, 0.3) is 0 Å². The topological polar surface area (TPSA) is 38.9 Å². The van der Waals surface area contributed by atoms with Gasteiger partial charge in [0.05, 0.1) is 11.2 Å². The Kier molecular flexibility index (Phi) is 6.22. The fourth-order valence-corrected chi connectivity index (χ4v) is 8.15. The van der Waals surface area contributed by atoms with Crippen molar-refractivity contribution in [3.8, 4) is 56.0 Å². The monoisotopic (exact) mass is 640 g/mol. The van der Waals surface area contributed by atoms with Crippen molar-refractivity contribution in [3.63, 3.8) is 0 Å². The predicted octanol–water partition coefficient (Wildman–Crippen LogP) is 12.5. The van der Waals surface area contributed by atoms with E-state index < -0.39 is 0 Å². The van der Waals surface area contributed by atoms with E-state index in [0.29, 0.717) is 5.82 Å². The second-order valence-corrected chi connectivity index (χ2v) is 13.7. The van der Waals surface area contributed by atoms with Gasteiger partial charge >= 0.3 is 0 Å². The molecule has 236 valence electrons. The Balaban J connectivity index is 1.29. The van der Waals surface area contributed by atoms with Crippen molar-refractivity contribution in [1.29, 1.82) is 0 Å². The Morgan fingerprint density at radius 1 is 0.460 bits per heavy atom. The molecule has 50 heavy (non-hydrogen) atoms. The van der Waals surface area contributed by atoms with Crippen LogP contribution in [0.25, 0.3) is 88.9 Å². The number of hydrogen-bond acceptors (Lipinski definition) is 3. The van der Waals surface area contributed by atoms with E-state index in [1.807, 2.05) is 24.3 Å². The van der Waals surface area contributed by atoms with Crippen molar-refractivity contribution < 1.29 is 4.42 Å². The van der Waals surface area contributed by atoms with Crippen LogP contribution in [0.2, 0.25) is 0 Å². The van der Waals surface area contributed by atoms with Crippen LogP contribution in [-0.2, 0) is 5.41 Å². The summed E-state index contributed by atoms with van der Waals surface area (Å²) in [6.45, 7) is 4.67. The number of rotatable bonds is 4. The van der Waals surface area contributed by atoms with Crippen molar-refractivity contribution in [3.05, 3.63) is 169 Å². The first kappa shape index (κ1) is 28.7. The Labute approximate surface area is 290 Å². The molecule has 3 nitrogen and oxygen atoms in total. The fraction of sp³-hybridized carbons (Fsp3) is 0.0638. The highest BCUT2D eigenvalue weighted by Crippen LogP contribution is 2.53. The second-order valence-electron chi connectivity index (χ2n) is 13.7.